The van der Waals surface area contributed by atoms with Gasteiger partial charge in [-0.25, -0.2) is 0 Å². The van der Waals surface area contributed by atoms with E-state index in [9.17, 15) is 4.79 Å². The molecule has 0 bridgehead atoms. The second kappa shape index (κ2) is 13.2. The van der Waals surface area contributed by atoms with Gasteiger partial charge >= 0.3 is 0 Å². The fourth-order valence-electron chi connectivity index (χ4n) is 3.93. The van der Waals surface area contributed by atoms with E-state index in [1.807, 2.05) is 36.4 Å². The van der Waals surface area contributed by atoms with Gasteiger partial charge in [-0.1, -0.05) is 38.0 Å². The van der Waals surface area contributed by atoms with Crippen LogP contribution in [0.3, 0.4) is 0 Å². The van der Waals surface area contributed by atoms with Crippen LogP contribution in [0.2, 0.25) is 0 Å². The molecule has 0 radical (unpaired) electrons. The van der Waals surface area contributed by atoms with Crippen molar-refractivity contribution < 1.29 is 14.3 Å². The molecule has 31 heavy (non-hydrogen) atoms. The minimum Gasteiger partial charge on any atom is -0.497 e. The van der Waals surface area contributed by atoms with Crippen molar-refractivity contribution in [1.82, 2.24) is 10.2 Å². The maximum absolute atomic E-state index is 12.9. The van der Waals surface area contributed by atoms with E-state index in [1.165, 1.54) is 31.2 Å². The molecule has 3 rings (SSSR count). The van der Waals surface area contributed by atoms with Crippen molar-refractivity contribution in [3.05, 3.63) is 59.7 Å². The molecule has 2 aromatic rings. The number of nitrogens with one attached hydrogen (secondary N) is 1. The largest absolute Gasteiger partial charge is 0.497 e. The van der Waals surface area contributed by atoms with Gasteiger partial charge in [0.15, 0.2) is 0 Å². The molecular formula is C25H35ClN2O3. The van der Waals surface area contributed by atoms with Crippen LogP contribution in [0.15, 0.2) is 48.5 Å². The van der Waals surface area contributed by atoms with Gasteiger partial charge in [0, 0.05) is 12.1 Å². The van der Waals surface area contributed by atoms with Gasteiger partial charge in [-0.2, -0.15) is 0 Å². The first-order valence-electron chi connectivity index (χ1n) is 11.1. The van der Waals surface area contributed by atoms with Gasteiger partial charge in [-0.05, 0) is 68.2 Å². The zero-order valence-electron chi connectivity index (χ0n) is 18.6. The van der Waals surface area contributed by atoms with Crippen LogP contribution in [0.4, 0.5) is 0 Å². The SMILES string of the molecule is CCCOc1cccc(C(=O)NCC(c2ccc(OC)cc2)N2CCCCCC2)c1.Cl. The molecule has 1 fully saturated rings. The molecule has 0 aliphatic carbocycles. The Balaban J connectivity index is 0.00000341. The number of likely N-dealkylation sites (tertiary alicyclic amines) is 1. The lowest BCUT2D eigenvalue weighted by Gasteiger charge is -2.31. The topological polar surface area (TPSA) is 50.8 Å². The Kier molecular flexibility index (Phi) is 10.7. The van der Waals surface area contributed by atoms with Gasteiger partial charge in [0.1, 0.15) is 11.5 Å². The molecule has 5 nitrogen and oxygen atoms in total. The minimum absolute atomic E-state index is 0. The van der Waals surface area contributed by atoms with Gasteiger partial charge in [0.25, 0.3) is 5.91 Å². The summed E-state index contributed by atoms with van der Waals surface area (Å²) in [4.78, 5) is 15.4. The summed E-state index contributed by atoms with van der Waals surface area (Å²) in [6.07, 6.45) is 5.91. The predicted octanol–water partition coefficient (Wildman–Crippen LogP) is 5.25. The standard InChI is InChI=1S/C25H34N2O3.ClH/c1-3-17-30-23-10-8-9-21(18-23)25(28)26-19-24(27-15-6-4-5-7-16-27)20-11-13-22(29-2)14-12-20;/h8-14,18,24H,3-7,15-17,19H2,1-2H3,(H,26,28);1H. The summed E-state index contributed by atoms with van der Waals surface area (Å²) in [5.41, 5.74) is 1.84. The number of ether oxygens (including phenoxy) is 2. The molecule has 1 heterocycles. The summed E-state index contributed by atoms with van der Waals surface area (Å²) in [5, 5.41) is 3.16. The molecule has 2 aromatic carbocycles. The fourth-order valence-corrected chi connectivity index (χ4v) is 3.93. The number of carbonyl (C=O) groups excluding carboxylic acids is 1. The summed E-state index contributed by atoms with van der Waals surface area (Å²) in [7, 11) is 1.68. The quantitative estimate of drug-likeness (QED) is 0.571. The molecule has 6 heteroatoms. The maximum atomic E-state index is 12.9. The van der Waals surface area contributed by atoms with E-state index in [1.54, 1.807) is 7.11 Å². The summed E-state index contributed by atoms with van der Waals surface area (Å²) < 4.78 is 11.0. The van der Waals surface area contributed by atoms with Gasteiger partial charge < -0.3 is 14.8 Å². The predicted molar refractivity (Wildman–Crippen MR) is 128 cm³/mol. The zero-order chi connectivity index (χ0) is 21.2. The fraction of sp³-hybridized carbons (Fsp3) is 0.480. The summed E-state index contributed by atoms with van der Waals surface area (Å²) >= 11 is 0. The Bertz CT molecular complexity index is 790. The first kappa shape index (κ1) is 25.0. The number of nitrogens with zero attached hydrogens (tertiary/aromatic N) is 1. The molecule has 170 valence electrons. The van der Waals surface area contributed by atoms with Gasteiger partial charge in [0.05, 0.1) is 19.8 Å². The summed E-state index contributed by atoms with van der Waals surface area (Å²) in [5.74, 6) is 1.52. The third kappa shape index (κ3) is 7.44. The third-order valence-corrected chi connectivity index (χ3v) is 5.61. The lowest BCUT2D eigenvalue weighted by molar-refractivity contribution is 0.0932. The van der Waals surface area contributed by atoms with Crippen LogP contribution >= 0.6 is 12.4 Å². The molecule has 1 saturated heterocycles. The highest BCUT2D eigenvalue weighted by Crippen LogP contribution is 2.26. The number of carbonyl (C=O) groups is 1. The Labute approximate surface area is 192 Å². The Morgan fingerprint density at radius 2 is 1.74 bits per heavy atom. The van der Waals surface area contributed by atoms with Crippen molar-refractivity contribution in [3.63, 3.8) is 0 Å². The average Bonchev–Trinajstić information content (AvgIpc) is 3.08. The molecule has 1 aliphatic rings. The van der Waals surface area contributed by atoms with E-state index < -0.39 is 0 Å². The highest BCUT2D eigenvalue weighted by Gasteiger charge is 2.22. The zero-order valence-corrected chi connectivity index (χ0v) is 19.5. The van der Waals surface area contributed by atoms with Crippen molar-refractivity contribution in [1.29, 1.82) is 0 Å². The number of hydrogen-bond acceptors (Lipinski definition) is 4. The number of hydrogen-bond donors (Lipinski definition) is 1. The van der Waals surface area contributed by atoms with Crippen LogP contribution in [0.25, 0.3) is 0 Å². The first-order valence-corrected chi connectivity index (χ1v) is 11.1. The summed E-state index contributed by atoms with van der Waals surface area (Å²) in [6.45, 7) is 5.42. The monoisotopic (exact) mass is 446 g/mol. The minimum atomic E-state index is -0.0646. The molecule has 1 amide bonds. The first-order chi connectivity index (χ1) is 14.7. The Hall–Kier alpha value is -2.24. The third-order valence-electron chi connectivity index (χ3n) is 5.61. The molecule has 1 unspecified atom stereocenters. The highest BCUT2D eigenvalue weighted by atomic mass is 35.5. The normalized spacial score (nSPS) is 15.3. The van der Waals surface area contributed by atoms with E-state index in [-0.39, 0.29) is 24.4 Å². The molecule has 0 saturated carbocycles. The van der Waals surface area contributed by atoms with E-state index in [2.05, 4.69) is 29.3 Å². The summed E-state index contributed by atoms with van der Waals surface area (Å²) in [6, 6.07) is 15.8. The van der Waals surface area contributed by atoms with Crippen molar-refractivity contribution in [3.8, 4) is 11.5 Å². The van der Waals surface area contributed by atoms with E-state index >= 15 is 0 Å². The maximum Gasteiger partial charge on any atom is 0.251 e. The smallest absolute Gasteiger partial charge is 0.251 e. The number of methoxy groups -OCH3 is 1. The van der Waals surface area contributed by atoms with Crippen LogP contribution in [0.1, 0.15) is 61.0 Å². The molecular weight excluding hydrogens is 412 g/mol. The number of halogens is 1. The molecule has 1 N–H and O–H groups in total. The van der Waals surface area contributed by atoms with Crippen molar-refractivity contribution in [2.75, 3.05) is 33.4 Å². The highest BCUT2D eigenvalue weighted by molar-refractivity contribution is 5.94. The molecule has 0 spiro atoms. The van der Waals surface area contributed by atoms with Crippen LogP contribution in [0, 0.1) is 0 Å². The van der Waals surface area contributed by atoms with E-state index in [0.717, 1.165) is 31.0 Å². The van der Waals surface area contributed by atoms with Crippen molar-refractivity contribution in [2.24, 2.45) is 0 Å². The molecule has 1 aliphatic heterocycles. The Morgan fingerprint density at radius 1 is 1.03 bits per heavy atom. The van der Waals surface area contributed by atoms with E-state index in [0.29, 0.717) is 18.7 Å². The van der Waals surface area contributed by atoms with Gasteiger partial charge in [-0.15, -0.1) is 12.4 Å². The Morgan fingerprint density at radius 3 is 2.39 bits per heavy atom. The van der Waals surface area contributed by atoms with Crippen LogP contribution in [-0.2, 0) is 0 Å². The van der Waals surface area contributed by atoms with Gasteiger partial charge in [0.2, 0.25) is 0 Å². The average molecular weight is 447 g/mol. The van der Waals surface area contributed by atoms with Crippen LogP contribution < -0.4 is 14.8 Å². The van der Waals surface area contributed by atoms with Crippen molar-refractivity contribution >= 4 is 18.3 Å². The van der Waals surface area contributed by atoms with Crippen LogP contribution in [0.5, 0.6) is 11.5 Å². The van der Waals surface area contributed by atoms with Crippen LogP contribution in [-0.4, -0.2) is 44.2 Å². The lowest BCUT2D eigenvalue weighted by Crippen LogP contribution is -2.38. The second-order valence-corrected chi connectivity index (χ2v) is 7.83. The number of rotatable bonds is 9. The van der Waals surface area contributed by atoms with Gasteiger partial charge in [-0.3, -0.25) is 9.69 Å². The van der Waals surface area contributed by atoms with Crippen molar-refractivity contribution in [2.45, 2.75) is 45.1 Å². The molecule has 0 aromatic heterocycles. The lowest BCUT2D eigenvalue weighted by atomic mass is 10.0. The second-order valence-electron chi connectivity index (χ2n) is 7.83. The van der Waals surface area contributed by atoms with E-state index in [4.69, 9.17) is 9.47 Å². The number of amides is 1. The number of benzene rings is 2. The molecule has 1 atom stereocenters.